The molecule has 3 aromatic rings. The van der Waals surface area contributed by atoms with Crippen molar-refractivity contribution >= 4 is 28.8 Å². The van der Waals surface area contributed by atoms with Crippen molar-refractivity contribution in [2.24, 2.45) is 0 Å². The van der Waals surface area contributed by atoms with Gasteiger partial charge in [0.2, 0.25) is 5.91 Å². The van der Waals surface area contributed by atoms with Gasteiger partial charge in [0.1, 0.15) is 5.82 Å². The fourth-order valence-electron chi connectivity index (χ4n) is 2.81. The number of nitrogens with zero attached hydrogens (tertiary/aromatic N) is 1. The number of halogens is 1. The first-order chi connectivity index (χ1) is 13.4. The summed E-state index contributed by atoms with van der Waals surface area (Å²) in [5.41, 5.74) is 3.28. The first-order valence-corrected chi connectivity index (χ1v) is 9.64. The van der Waals surface area contributed by atoms with Crippen LogP contribution in [0.1, 0.15) is 20.8 Å². The average Bonchev–Trinajstić information content (AvgIpc) is 3.15. The van der Waals surface area contributed by atoms with Crippen molar-refractivity contribution < 1.29 is 14.0 Å². The number of amides is 2. The molecule has 0 saturated carbocycles. The van der Waals surface area contributed by atoms with Gasteiger partial charge < -0.3 is 10.2 Å². The van der Waals surface area contributed by atoms with Gasteiger partial charge in [-0.15, -0.1) is 11.3 Å². The Morgan fingerprint density at radius 2 is 1.79 bits per heavy atom. The second kappa shape index (κ2) is 8.35. The van der Waals surface area contributed by atoms with Crippen molar-refractivity contribution in [3.05, 3.63) is 76.4 Å². The van der Waals surface area contributed by atoms with E-state index in [9.17, 15) is 14.0 Å². The van der Waals surface area contributed by atoms with Crippen LogP contribution in [0.5, 0.6) is 0 Å². The van der Waals surface area contributed by atoms with Gasteiger partial charge in [-0.1, -0.05) is 30.3 Å². The van der Waals surface area contributed by atoms with Crippen molar-refractivity contribution in [2.75, 3.05) is 18.9 Å². The topological polar surface area (TPSA) is 49.4 Å². The van der Waals surface area contributed by atoms with Crippen LogP contribution in [-0.4, -0.2) is 30.3 Å². The van der Waals surface area contributed by atoms with Crippen LogP contribution in [0.15, 0.2) is 54.6 Å². The summed E-state index contributed by atoms with van der Waals surface area (Å²) >= 11 is 1.21. The van der Waals surface area contributed by atoms with Crippen molar-refractivity contribution in [1.82, 2.24) is 4.90 Å². The third kappa shape index (κ3) is 4.28. The van der Waals surface area contributed by atoms with Crippen molar-refractivity contribution in [3.63, 3.8) is 0 Å². The standard InChI is InChI=1S/C22H21FN2O2S/c1-14-7-6-10-18(15(14)2)24-21(26)13-25(3)22(27)20-12-11-19(28-20)16-8-4-5-9-17(16)23/h4-12H,13H2,1-3H3,(H,24,26). The lowest BCUT2D eigenvalue weighted by Crippen LogP contribution is -2.34. The number of carbonyl (C=O) groups excluding carboxylic acids is 2. The van der Waals surface area contributed by atoms with E-state index in [-0.39, 0.29) is 24.2 Å². The molecule has 6 heteroatoms. The Kier molecular flexibility index (Phi) is 5.90. The van der Waals surface area contributed by atoms with Crippen LogP contribution in [0.3, 0.4) is 0 Å². The second-order valence-corrected chi connectivity index (χ2v) is 7.68. The van der Waals surface area contributed by atoms with Crippen LogP contribution < -0.4 is 5.32 Å². The molecule has 0 aliphatic rings. The summed E-state index contributed by atoms with van der Waals surface area (Å²) < 4.78 is 13.9. The van der Waals surface area contributed by atoms with Gasteiger partial charge in [-0.2, -0.15) is 0 Å². The van der Waals surface area contributed by atoms with Crippen LogP contribution in [0.2, 0.25) is 0 Å². The quantitative estimate of drug-likeness (QED) is 0.668. The molecule has 0 atom stereocenters. The molecule has 1 N–H and O–H groups in total. The number of aryl methyl sites for hydroxylation is 1. The van der Waals surface area contributed by atoms with Crippen molar-refractivity contribution in [3.8, 4) is 10.4 Å². The summed E-state index contributed by atoms with van der Waals surface area (Å²) in [6.07, 6.45) is 0. The summed E-state index contributed by atoms with van der Waals surface area (Å²) in [7, 11) is 1.58. The monoisotopic (exact) mass is 396 g/mol. The van der Waals surface area contributed by atoms with E-state index in [4.69, 9.17) is 0 Å². The molecule has 2 aromatic carbocycles. The zero-order valence-electron chi connectivity index (χ0n) is 16.0. The number of hydrogen-bond donors (Lipinski definition) is 1. The third-order valence-electron chi connectivity index (χ3n) is 4.56. The highest BCUT2D eigenvalue weighted by Crippen LogP contribution is 2.30. The first kappa shape index (κ1) is 19.8. The van der Waals surface area contributed by atoms with Crippen molar-refractivity contribution in [1.29, 1.82) is 0 Å². The minimum absolute atomic E-state index is 0.0703. The van der Waals surface area contributed by atoms with Crippen LogP contribution in [0, 0.1) is 19.7 Å². The highest BCUT2D eigenvalue weighted by Gasteiger charge is 2.18. The summed E-state index contributed by atoms with van der Waals surface area (Å²) in [5.74, 6) is -0.872. The predicted molar refractivity (Wildman–Crippen MR) is 111 cm³/mol. The smallest absolute Gasteiger partial charge is 0.264 e. The highest BCUT2D eigenvalue weighted by molar-refractivity contribution is 7.17. The Hall–Kier alpha value is -2.99. The Labute approximate surface area is 167 Å². The molecule has 2 amide bonds. The van der Waals surface area contributed by atoms with Gasteiger partial charge in [0.25, 0.3) is 5.91 Å². The van der Waals surface area contributed by atoms with Gasteiger partial charge in [-0.25, -0.2) is 4.39 Å². The number of hydrogen-bond acceptors (Lipinski definition) is 3. The van der Waals surface area contributed by atoms with Crippen molar-refractivity contribution in [2.45, 2.75) is 13.8 Å². The lowest BCUT2D eigenvalue weighted by Gasteiger charge is -2.17. The number of rotatable bonds is 5. The molecular weight excluding hydrogens is 375 g/mol. The maximum atomic E-state index is 13.9. The molecule has 28 heavy (non-hydrogen) atoms. The van der Waals surface area contributed by atoms with E-state index in [0.29, 0.717) is 15.3 Å². The molecule has 3 rings (SSSR count). The largest absolute Gasteiger partial charge is 0.332 e. The van der Waals surface area contributed by atoms with E-state index in [0.717, 1.165) is 16.8 Å². The normalized spacial score (nSPS) is 10.6. The molecule has 0 unspecified atom stereocenters. The van der Waals surface area contributed by atoms with E-state index >= 15 is 0 Å². The van der Waals surface area contributed by atoms with Gasteiger partial charge >= 0.3 is 0 Å². The average molecular weight is 396 g/mol. The lowest BCUT2D eigenvalue weighted by atomic mass is 10.1. The Morgan fingerprint density at radius 1 is 1.04 bits per heavy atom. The van der Waals surface area contributed by atoms with Crippen LogP contribution in [0.4, 0.5) is 10.1 Å². The van der Waals surface area contributed by atoms with Gasteiger partial charge in [-0.3, -0.25) is 9.59 Å². The zero-order valence-corrected chi connectivity index (χ0v) is 16.8. The van der Waals surface area contributed by atoms with Gasteiger partial charge in [0.15, 0.2) is 0 Å². The summed E-state index contributed by atoms with van der Waals surface area (Å²) in [6, 6.07) is 15.5. The van der Waals surface area contributed by atoms with E-state index < -0.39 is 0 Å². The number of nitrogens with one attached hydrogen (secondary N) is 1. The summed E-state index contributed by atoms with van der Waals surface area (Å²) in [6.45, 7) is 3.85. The van der Waals surface area contributed by atoms with Gasteiger partial charge in [0, 0.05) is 23.2 Å². The maximum absolute atomic E-state index is 13.9. The number of thiophene rings is 1. The molecule has 1 heterocycles. The van der Waals surface area contributed by atoms with Gasteiger partial charge in [-0.05, 0) is 49.2 Å². The Bertz CT molecular complexity index is 1030. The fourth-order valence-corrected chi connectivity index (χ4v) is 3.84. The molecule has 0 spiro atoms. The van der Waals surface area contributed by atoms with Crippen LogP contribution in [-0.2, 0) is 4.79 Å². The molecule has 0 aliphatic heterocycles. The fraction of sp³-hybridized carbons (Fsp3) is 0.182. The first-order valence-electron chi connectivity index (χ1n) is 8.83. The minimum Gasteiger partial charge on any atom is -0.332 e. The molecule has 0 aliphatic carbocycles. The second-order valence-electron chi connectivity index (χ2n) is 6.60. The summed E-state index contributed by atoms with van der Waals surface area (Å²) in [4.78, 5) is 27.5. The molecule has 0 bridgehead atoms. The SMILES string of the molecule is Cc1cccc(NC(=O)CN(C)C(=O)c2ccc(-c3ccccc3F)s2)c1C. The number of likely N-dealkylation sites (N-methyl/N-ethyl adjacent to an activating group) is 1. The molecule has 4 nitrogen and oxygen atoms in total. The van der Waals surface area contributed by atoms with E-state index in [1.54, 1.807) is 37.4 Å². The van der Waals surface area contributed by atoms with Crippen LogP contribution >= 0.6 is 11.3 Å². The lowest BCUT2D eigenvalue weighted by molar-refractivity contribution is -0.116. The number of carbonyl (C=O) groups is 2. The molecule has 1 aromatic heterocycles. The minimum atomic E-state index is -0.329. The Balaban J connectivity index is 1.67. The molecule has 0 saturated heterocycles. The molecular formula is C22H21FN2O2S. The molecule has 144 valence electrons. The van der Waals surface area contributed by atoms with E-state index in [2.05, 4.69) is 5.32 Å². The van der Waals surface area contributed by atoms with Gasteiger partial charge in [0.05, 0.1) is 11.4 Å². The van der Waals surface area contributed by atoms with E-state index in [1.165, 1.54) is 22.3 Å². The van der Waals surface area contributed by atoms with Crippen LogP contribution in [0.25, 0.3) is 10.4 Å². The highest BCUT2D eigenvalue weighted by atomic mass is 32.1. The molecule has 0 radical (unpaired) electrons. The number of benzene rings is 2. The predicted octanol–water partition coefficient (Wildman–Crippen LogP) is 4.88. The van der Waals surface area contributed by atoms with E-state index in [1.807, 2.05) is 32.0 Å². The third-order valence-corrected chi connectivity index (χ3v) is 5.67. The summed E-state index contributed by atoms with van der Waals surface area (Å²) in [5, 5.41) is 2.85. The zero-order chi connectivity index (χ0) is 20.3. The molecule has 0 fully saturated rings. The maximum Gasteiger partial charge on any atom is 0.264 e. The number of anilines is 1. The Morgan fingerprint density at radius 3 is 2.54 bits per heavy atom.